The second-order valence-corrected chi connectivity index (χ2v) is 7.19. The molecular formula is C21H29N3O6. The van der Waals surface area contributed by atoms with E-state index >= 15 is 0 Å². The third-order valence-corrected chi connectivity index (χ3v) is 4.87. The lowest BCUT2D eigenvalue weighted by molar-refractivity contribution is -0.147. The highest BCUT2D eigenvalue weighted by molar-refractivity contribution is 5.97. The Morgan fingerprint density at radius 3 is 2.43 bits per heavy atom. The highest BCUT2D eigenvalue weighted by Gasteiger charge is 2.23. The Hall–Kier alpha value is -3.10. The van der Waals surface area contributed by atoms with E-state index in [0.29, 0.717) is 23.8 Å². The molecule has 0 aromatic heterocycles. The van der Waals surface area contributed by atoms with Crippen molar-refractivity contribution >= 4 is 23.8 Å². The molecule has 30 heavy (non-hydrogen) atoms. The number of carbonyl (C=O) groups excluding carboxylic acids is 4. The van der Waals surface area contributed by atoms with Gasteiger partial charge in [-0.05, 0) is 49.9 Å². The summed E-state index contributed by atoms with van der Waals surface area (Å²) < 4.78 is 10.1. The van der Waals surface area contributed by atoms with Crippen LogP contribution in [0.4, 0.5) is 4.79 Å². The van der Waals surface area contributed by atoms with Gasteiger partial charge in [-0.15, -0.1) is 0 Å². The topological polar surface area (TPSA) is 123 Å². The van der Waals surface area contributed by atoms with Crippen molar-refractivity contribution in [1.29, 1.82) is 0 Å². The number of hydrogen-bond acceptors (Lipinski definition) is 6. The Morgan fingerprint density at radius 1 is 1.07 bits per heavy atom. The average Bonchev–Trinajstić information content (AvgIpc) is 2.73. The van der Waals surface area contributed by atoms with Gasteiger partial charge in [0.25, 0.3) is 11.8 Å². The molecule has 0 heterocycles. The molecule has 1 aliphatic carbocycles. The van der Waals surface area contributed by atoms with Crippen LogP contribution in [0.5, 0.6) is 5.75 Å². The maximum absolute atomic E-state index is 12.0. The van der Waals surface area contributed by atoms with Crippen molar-refractivity contribution in [1.82, 2.24) is 16.0 Å². The van der Waals surface area contributed by atoms with Crippen LogP contribution in [-0.4, -0.2) is 49.6 Å². The van der Waals surface area contributed by atoms with Crippen LogP contribution in [0, 0.1) is 5.92 Å². The van der Waals surface area contributed by atoms with Crippen LogP contribution >= 0.6 is 0 Å². The molecule has 9 heteroatoms. The van der Waals surface area contributed by atoms with Gasteiger partial charge in [0.1, 0.15) is 12.3 Å². The van der Waals surface area contributed by atoms with E-state index < -0.39 is 37.0 Å². The lowest BCUT2D eigenvalue weighted by Gasteiger charge is -2.29. The molecule has 0 radical (unpaired) electrons. The van der Waals surface area contributed by atoms with Gasteiger partial charge in [0, 0.05) is 11.6 Å². The van der Waals surface area contributed by atoms with Crippen molar-refractivity contribution in [2.75, 3.05) is 19.8 Å². The van der Waals surface area contributed by atoms with Gasteiger partial charge < -0.3 is 20.1 Å². The Morgan fingerprint density at radius 2 is 1.77 bits per heavy atom. The fraction of sp³-hybridized carbons (Fsp3) is 0.524. The molecule has 0 spiro atoms. The first-order valence-electron chi connectivity index (χ1n) is 10.2. The molecule has 3 N–H and O–H groups in total. The molecule has 9 nitrogen and oxygen atoms in total. The zero-order chi connectivity index (χ0) is 21.9. The molecule has 0 saturated heterocycles. The summed E-state index contributed by atoms with van der Waals surface area (Å²) in [6, 6.07) is 5.89. The Bertz CT molecular complexity index is 750. The number of carbonyl (C=O) groups is 4. The maximum atomic E-state index is 12.0. The van der Waals surface area contributed by atoms with Crippen LogP contribution in [0.25, 0.3) is 0 Å². The van der Waals surface area contributed by atoms with Gasteiger partial charge in [-0.2, -0.15) is 0 Å². The van der Waals surface area contributed by atoms with E-state index in [1.54, 1.807) is 24.3 Å². The van der Waals surface area contributed by atoms with Gasteiger partial charge in [-0.3, -0.25) is 19.7 Å². The van der Waals surface area contributed by atoms with Crippen molar-refractivity contribution in [3.05, 3.63) is 29.8 Å². The number of urea groups is 1. The van der Waals surface area contributed by atoms with Crippen molar-refractivity contribution in [3.63, 3.8) is 0 Å². The second-order valence-electron chi connectivity index (χ2n) is 7.19. The summed E-state index contributed by atoms with van der Waals surface area (Å²) in [6.45, 7) is 3.44. The first-order chi connectivity index (χ1) is 14.4. The van der Waals surface area contributed by atoms with Gasteiger partial charge in [-0.25, -0.2) is 4.79 Å². The van der Waals surface area contributed by atoms with Crippen LogP contribution in [0.3, 0.4) is 0 Å². The number of imide groups is 1. The number of nitrogens with one attached hydrogen (secondary N) is 3. The van der Waals surface area contributed by atoms with Crippen LogP contribution in [0.15, 0.2) is 24.3 Å². The van der Waals surface area contributed by atoms with E-state index in [2.05, 4.69) is 22.9 Å². The van der Waals surface area contributed by atoms with E-state index in [-0.39, 0.29) is 6.04 Å². The monoisotopic (exact) mass is 419 g/mol. The zero-order valence-corrected chi connectivity index (χ0v) is 17.4. The standard InChI is InChI=1S/C21H29N3O6/c1-3-29-16-10-8-15(9-11-16)20(27)22-12-19(26)30-13-18(25)24-21(28)23-17-7-5-4-6-14(17)2/h8-11,14,17H,3-7,12-13H2,1-2H3,(H,22,27)(H2,23,24,25,28)/t14-,17+/m0/s1. The van der Waals surface area contributed by atoms with Crippen molar-refractivity contribution in [3.8, 4) is 5.75 Å². The van der Waals surface area contributed by atoms with Gasteiger partial charge in [0.2, 0.25) is 0 Å². The third kappa shape index (κ3) is 7.73. The molecule has 1 fully saturated rings. The van der Waals surface area contributed by atoms with Crippen molar-refractivity contribution < 1.29 is 28.7 Å². The minimum absolute atomic E-state index is 0.0342. The van der Waals surface area contributed by atoms with Crippen LogP contribution in [-0.2, 0) is 14.3 Å². The summed E-state index contributed by atoms with van der Waals surface area (Å²) in [4.78, 5) is 47.4. The first-order valence-corrected chi connectivity index (χ1v) is 10.2. The molecule has 0 bridgehead atoms. The van der Waals surface area contributed by atoms with Gasteiger partial charge in [0.15, 0.2) is 6.61 Å². The molecule has 4 amide bonds. The van der Waals surface area contributed by atoms with Crippen molar-refractivity contribution in [2.24, 2.45) is 5.92 Å². The molecule has 0 unspecified atom stereocenters. The maximum Gasteiger partial charge on any atom is 0.325 e. The minimum Gasteiger partial charge on any atom is -0.494 e. The quantitative estimate of drug-likeness (QED) is 0.552. The number of benzene rings is 1. The molecule has 0 aliphatic heterocycles. The Balaban J connectivity index is 1.65. The van der Waals surface area contributed by atoms with Crippen LogP contribution in [0.1, 0.15) is 49.9 Å². The fourth-order valence-corrected chi connectivity index (χ4v) is 3.22. The Labute approximate surface area is 175 Å². The van der Waals surface area contributed by atoms with Crippen molar-refractivity contribution in [2.45, 2.75) is 45.6 Å². The number of esters is 1. The highest BCUT2D eigenvalue weighted by atomic mass is 16.5. The summed E-state index contributed by atoms with van der Waals surface area (Å²) in [5, 5.41) is 7.33. The summed E-state index contributed by atoms with van der Waals surface area (Å²) in [5.74, 6) is -0.980. The zero-order valence-electron chi connectivity index (χ0n) is 17.4. The lowest BCUT2D eigenvalue weighted by atomic mass is 9.86. The normalized spacial score (nSPS) is 18.1. The summed E-state index contributed by atoms with van der Waals surface area (Å²) >= 11 is 0. The third-order valence-electron chi connectivity index (χ3n) is 4.87. The minimum atomic E-state index is -0.786. The van der Waals surface area contributed by atoms with E-state index in [1.807, 2.05) is 6.92 Å². The summed E-state index contributed by atoms with van der Waals surface area (Å²) in [7, 11) is 0. The number of hydrogen-bond donors (Lipinski definition) is 3. The van der Waals surface area contributed by atoms with E-state index in [4.69, 9.17) is 9.47 Å². The molecular weight excluding hydrogens is 390 g/mol. The van der Waals surface area contributed by atoms with E-state index in [0.717, 1.165) is 25.7 Å². The largest absolute Gasteiger partial charge is 0.494 e. The number of amides is 4. The van der Waals surface area contributed by atoms with Gasteiger partial charge >= 0.3 is 12.0 Å². The highest BCUT2D eigenvalue weighted by Crippen LogP contribution is 2.23. The summed E-state index contributed by atoms with van der Waals surface area (Å²) in [5.41, 5.74) is 0.359. The second kappa shape index (κ2) is 11.8. The van der Waals surface area contributed by atoms with E-state index in [9.17, 15) is 19.2 Å². The van der Waals surface area contributed by atoms with E-state index in [1.165, 1.54) is 0 Å². The summed E-state index contributed by atoms with van der Waals surface area (Å²) in [6.07, 6.45) is 4.11. The van der Waals surface area contributed by atoms with Crippen LogP contribution < -0.4 is 20.7 Å². The van der Waals surface area contributed by atoms with Gasteiger partial charge in [-0.1, -0.05) is 19.8 Å². The van der Waals surface area contributed by atoms with Crippen LogP contribution in [0.2, 0.25) is 0 Å². The molecule has 1 aromatic rings. The smallest absolute Gasteiger partial charge is 0.325 e. The predicted octanol–water partition coefficient (Wildman–Crippen LogP) is 1.76. The fourth-order valence-electron chi connectivity index (χ4n) is 3.22. The molecule has 164 valence electrons. The Kier molecular flexibility index (Phi) is 9.11. The number of rotatable bonds is 8. The molecule has 2 atom stereocenters. The SMILES string of the molecule is CCOc1ccc(C(=O)NCC(=O)OCC(=O)NC(=O)N[C@@H]2CCCC[C@@H]2C)cc1. The molecule has 1 aromatic carbocycles. The average molecular weight is 419 g/mol. The predicted molar refractivity (Wildman–Crippen MR) is 109 cm³/mol. The van der Waals surface area contributed by atoms with Gasteiger partial charge in [0.05, 0.1) is 6.61 Å². The number of ether oxygens (including phenoxy) is 2. The molecule has 1 saturated carbocycles. The molecule has 1 aliphatic rings. The first kappa shape index (κ1) is 23.2. The molecule has 2 rings (SSSR count). The lowest BCUT2D eigenvalue weighted by Crippen LogP contribution is -2.48.